The van der Waals surface area contributed by atoms with Gasteiger partial charge in [-0.1, -0.05) is 13.8 Å². The molecule has 1 heterocycles. The van der Waals surface area contributed by atoms with Gasteiger partial charge in [0.25, 0.3) is 0 Å². The predicted octanol–water partition coefficient (Wildman–Crippen LogP) is -0.501. The molecule has 1 saturated heterocycles. The summed E-state index contributed by atoms with van der Waals surface area (Å²) in [6.07, 6.45) is 0.644. The fourth-order valence-electron chi connectivity index (χ4n) is 1.87. The van der Waals surface area contributed by atoms with Gasteiger partial charge in [0.05, 0.1) is 12.5 Å². The number of carbonyl (C=O) groups excluding carboxylic acids is 2. The molecule has 2 amide bonds. The Morgan fingerprint density at radius 3 is 2.53 bits per heavy atom. The maximum Gasteiger partial charge on any atom is 0.242 e. The van der Waals surface area contributed by atoms with E-state index in [9.17, 15) is 9.59 Å². The highest BCUT2D eigenvalue weighted by atomic mass is 16.5. The van der Waals surface area contributed by atoms with Crippen LogP contribution in [0, 0.1) is 11.8 Å². The summed E-state index contributed by atoms with van der Waals surface area (Å²) < 4.78 is 4.89. The van der Waals surface area contributed by atoms with Crippen molar-refractivity contribution in [3.05, 3.63) is 0 Å². The van der Waals surface area contributed by atoms with Crippen molar-refractivity contribution in [3.8, 4) is 0 Å². The molecule has 0 radical (unpaired) electrons. The third kappa shape index (κ3) is 5.57. The van der Waals surface area contributed by atoms with Crippen LogP contribution in [-0.4, -0.2) is 51.2 Å². The highest BCUT2D eigenvalue weighted by Crippen LogP contribution is 2.08. The topological polar surface area (TPSA) is 79.5 Å². The van der Waals surface area contributed by atoms with E-state index in [1.54, 1.807) is 7.11 Å². The second kappa shape index (κ2) is 8.12. The van der Waals surface area contributed by atoms with Crippen LogP contribution in [0.15, 0.2) is 0 Å². The summed E-state index contributed by atoms with van der Waals surface area (Å²) in [5.41, 5.74) is 0. The van der Waals surface area contributed by atoms with E-state index in [0.717, 1.165) is 0 Å². The van der Waals surface area contributed by atoms with E-state index in [4.69, 9.17) is 4.74 Å². The van der Waals surface area contributed by atoms with Crippen molar-refractivity contribution in [1.82, 2.24) is 16.0 Å². The van der Waals surface area contributed by atoms with E-state index >= 15 is 0 Å². The Hall–Kier alpha value is -1.14. The zero-order chi connectivity index (χ0) is 14.3. The fourth-order valence-corrected chi connectivity index (χ4v) is 1.87. The molecule has 0 aliphatic carbocycles. The molecular weight excluding hydrogens is 246 g/mol. The minimum absolute atomic E-state index is 0.00133. The molecule has 0 bridgehead atoms. The molecule has 110 valence electrons. The molecule has 0 aromatic heterocycles. The van der Waals surface area contributed by atoms with Crippen molar-refractivity contribution < 1.29 is 14.3 Å². The quantitative estimate of drug-likeness (QED) is 0.520. The van der Waals surface area contributed by atoms with Crippen LogP contribution in [0.2, 0.25) is 0 Å². The zero-order valence-electron chi connectivity index (χ0n) is 12.0. The number of hydrogen-bond donors (Lipinski definition) is 3. The second-order valence-electron chi connectivity index (χ2n) is 5.33. The van der Waals surface area contributed by atoms with Crippen LogP contribution in [0.3, 0.4) is 0 Å². The molecule has 1 fully saturated rings. The van der Waals surface area contributed by atoms with Gasteiger partial charge in [-0.05, 0) is 12.3 Å². The van der Waals surface area contributed by atoms with Crippen LogP contribution in [0.5, 0.6) is 0 Å². The summed E-state index contributed by atoms with van der Waals surface area (Å²) >= 11 is 0. The molecule has 1 aliphatic rings. The van der Waals surface area contributed by atoms with Gasteiger partial charge in [-0.25, -0.2) is 0 Å². The Morgan fingerprint density at radius 1 is 1.37 bits per heavy atom. The van der Waals surface area contributed by atoms with Crippen LogP contribution in [0.4, 0.5) is 0 Å². The van der Waals surface area contributed by atoms with E-state index < -0.39 is 6.04 Å². The predicted molar refractivity (Wildman–Crippen MR) is 72.6 cm³/mol. The smallest absolute Gasteiger partial charge is 0.242 e. The van der Waals surface area contributed by atoms with Gasteiger partial charge in [0.2, 0.25) is 11.8 Å². The van der Waals surface area contributed by atoms with Gasteiger partial charge in [0.1, 0.15) is 6.04 Å². The third-order valence-electron chi connectivity index (χ3n) is 3.10. The Kier molecular flexibility index (Phi) is 6.80. The molecule has 1 atom stereocenters. The molecule has 0 unspecified atom stereocenters. The van der Waals surface area contributed by atoms with E-state index in [2.05, 4.69) is 16.0 Å². The molecule has 3 N–H and O–H groups in total. The number of amides is 2. The zero-order valence-corrected chi connectivity index (χ0v) is 12.0. The van der Waals surface area contributed by atoms with Gasteiger partial charge in [0, 0.05) is 26.7 Å². The SMILES string of the molecule is COCCNC(=O)[C@H](CC(C)C)NC(=O)C1CNC1. The average Bonchev–Trinajstić information content (AvgIpc) is 2.25. The molecular formula is C13H25N3O3. The Morgan fingerprint density at radius 2 is 2.05 bits per heavy atom. The summed E-state index contributed by atoms with van der Waals surface area (Å²) in [6.45, 7) is 6.40. The molecule has 1 aliphatic heterocycles. The number of nitrogens with one attached hydrogen (secondary N) is 3. The largest absolute Gasteiger partial charge is 0.383 e. The lowest BCUT2D eigenvalue weighted by atomic mass is 9.99. The molecule has 19 heavy (non-hydrogen) atoms. The van der Waals surface area contributed by atoms with Crippen molar-refractivity contribution in [1.29, 1.82) is 0 Å². The maximum absolute atomic E-state index is 12.0. The maximum atomic E-state index is 12.0. The van der Waals surface area contributed by atoms with Crippen molar-refractivity contribution in [2.24, 2.45) is 11.8 Å². The average molecular weight is 271 g/mol. The summed E-state index contributed by atoms with van der Waals surface area (Å²) in [7, 11) is 1.59. The fraction of sp³-hybridized carbons (Fsp3) is 0.846. The van der Waals surface area contributed by atoms with Crippen LogP contribution in [0.1, 0.15) is 20.3 Å². The summed E-state index contributed by atoms with van der Waals surface area (Å²) in [4.78, 5) is 23.9. The van der Waals surface area contributed by atoms with Crippen molar-refractivity contribution >= 4 is 11.8 Å². The first-order valence-electron chi connectivity index (χ1n) is 6.82. The molecule has 0 aromatic rings. The van der Waals surface area contributed by atoms with E-state index in [1.807, 2.05) is 13.8 Å². The lowest BCUT2D eigenvalue weighted by molar-refractivity contribution is -0.132. The van der Waals surface area contributed by atoms with Gasteiger partial charge < -0.3 is 20.7 Å². The van der Waals surface area contributed by atoms with Crippen LogP contribution >= 0.6 is 0 Å². The Labute approximate surface area is 114 Å². The summed E-state index contributed by atoms with van der Waals surface area (Å²) in [6, 6.07) is -0.454. The monoisotopic (exact) mass is 271 g/mol. The molecule has 0 saturated carbocycles. The first-order chi connectivity index (χ1) is 9.04. The molecule has 6 nitrogen and oxygen atoms in total. The first-order valence-corrected chi connectivity index (χ1v) is 6.82. The number of ether oxygens (including phenoxy) is 1. The normalized spacial score (nSPS) is 16.8. The van der Waals surface area contributed by atoms with E-state index in [1.165, 1.54) is 0 Å². The van der Waals surface area contributed by atoms with Gasteiger partial charge in [-0.3, -0.25) is 9.59 Å². The van der Waals surface area contributed by atoms with Gasteiger partial charge in [0.15, 0.2) is 0 Å². The van der Waals surface area contributed by atoms with Crippen LogP contribution in [0.25, 0.3) is 0 Å². The van der Waals surface area contributed by atoms with Crippen LogP contribution < -0.4 is 16.0 Å². The molecule has 1 rings (SSSR count). The van der Waals surface area contributed by atoms with Gasteiger partial charge in [-0.2, -0.15) is 0 Å². The van der Waals surface area contributed by atoms with Crippen molar-refractivity contribution in [2.75, 3.05) is 33.4 Å². The van der Waals surface area contributed by atoms with E-state index in [0.29, 0.717) is 38.6 Å². The third-order valence-corrected chi connectivity index (χ3v) is 3.10. The number of carbonyl (C=O) groups is 2. The van der Waals surface area contributed by atoms with Crippen molar-refractivity contribution in [2.45, 2.75) is 26.3 Å². The standard InChI is InChI=1S/C13H25N3O3/c1-9(2)6-11(13(18)15-4-5-19-3)16-12(17)10-7-14-8-10/h9-11,14H,4-8H2,1-3H3,(H,15,18)(H,16,17)/t11-/m0/s1. The van der Waals surface area contributed by atoms with Gasteiger partial charge >= 0.3 is 0 Å². The lowest BCUT2D eigenvalue weighted by Crippen LogP contribution is -2.56. The van der Waals surface area contributed by atoms with E-state index in [-0.39, 0.29) is 17.7 Å². The second-order valence-corrected chi connectivity index (χ2v) is 5.33. The summed E-state index contributed by atoms with van der Waals surface area (Å²) in [5.74, 6) is 0.178. The highest BCUT2D eigenvalue weighted by molar-refractivity contribution is 5.88. The van der Waals surface area contributed by atoms with Gasteiger partial charge in [-0.15, -0.1) is 0 Å². The number of hydrogen-bond acceptors (Lipinski definition) is 4. The first kappa shape index (κ1) is 15.9. The Balaban J connectivity index is 2.44. The molecule has 6 heteroatoms. The minimum Gasteiger partial charge on any atom is -0.383 e. The lowest BCUT2D eigenvalue weighted by Gasteiger charge is -2.28. The molecule has 0 spiro atoms. The highest BCUT2D eigenvalue weighted by Gasteiger charge is 2.29. The molecule has 0 aromatic carbocycles. The Bertz CT molecular complexity index is 304. The number of rotatable bonds is 8. The van der Waals surface area contributed by atoms with Crippen molar-refractivity contribution in [3.63, 3.8) is 0 Å². The van der Waals surface area contributed by atoms with Crippen LogP contribution in [-0.2, 0) is 14.3 Å². The number of methoxy groups -OCH3 is 1. The summed E-state index contributed by atoms with van der Waals surface area (Å²) in [5, 5.41) is 8.67. The minimum atomic E-state index is -0.454.